The number of amidine groups is 1. The van der Waals surface area contributed by atoms with Crippen LogP contribution in [0.2, 0.25) is 0 Å². The third kappa shape index (κ3) is 1.41. The van der Waals surface area contributed by atoms with Crippen LogP contribution < -0.4 is 10.6 Å². The van der Waals surface area contributed by atoms with Gasteiger partial charge in [0.2, 0.25) is 5.91 Å². The van der Waals surface area contributed by atoms with Crippen LogP contribution in [0.5, 0.6) is 0 Å². The molecule has 0 bridgehead atoms. The molecule has 0 unspecified atom stereocenters. The fourth-order valence-electron chi connectivity index (χ4n) is 1.69. The van der Waals surface area contributed by atoms with Crippen molar-refractivity contribution < 1.29 is 10.0 Å². The number of hydrogen-bond acceptors (Lipinski definition) is 3. The molecular weight excluding hydrogens is 194 g/mol. The Labute approximate surface area is 86.8 Å². The van der Waals surface area contributed by atoms with Crippen LogP contribution in [0.15, 0.2) is 23.4 Å². The second-order valence-electron chi connectivity index (χ2n) is 3.46. The van der Waals surface area contributed by atoms with Crippen LogP contribution in [0.4, 0.5) is 5.69 Å². The summed E-state index contributed by atoms with van der Waals surface area (Å²) in [6.07, 6.45) is 0.373. The van der Waals surface area contributed by atoms with Crippen LogP contribution in [-0.4, -0.2) is 24.0 Å². The number of nitrogens with zero attached hydrogens (tertiary/aromatic N) is 2. The summed E-state index contributed by atoms with van der Waals surface area (Å²) in [6.45, 7) is 0. The number of carbonyl (C=O) groups excluding carboxylic acids is 1. The highest BCUT2D eigenvalue weighted by Crippen LogP contribution is 2.28. The number of likely N-dealkylation sites (N-methyl/N-ethyl adjacent to an activating group) is 1. The monoisotopic (exact) mass is 205 g/mol. The number of rotatable bonds is 1. The fourth-order valence-corrected chi connectivity index (χ4v) is 1.69. The van der Waals surface area contributed by atoms with Crippen LogP contribution >= 0.6 is 0 Å². The lowest BCUT2D eigenvalue weighted by molar-refractivity contribution is -0.117. The summed E-state index contributed by atoms with van der Waals surface area (Å²) in [5.41, 5.74) is 7.88. The SMILES string of the molecule is CN1C(=O)Cc2cc(/C(N)=N/O)ccc21. The molecule has 0 fully saturated rings. The molecule has 2 rings (SSSR count). The van der Waals surface area contributed by atoms with Gasteiger partial charge in [0.25, 0.3) is 0 Å². The number of nitrogens with two attached hydrogens (primary N) is 1. The predicted molar refractivity (Wildman–Crippen MR) is 56.1 cm³/mol. The highest BCUT2D eigenvalue weighted by atomic mass is 16.4. The van der Waals surface area contributed by atoms with E-state index in [0.29, 0.717) is 12.0 Å². The molecule has 1 aliphatic rings. The molecule has 0 spiro atoms. The number of hydrogen-bond donors (Lipinski definition) is 2. The fraction of sp³-hybridized carbons (Fsp3) is 0.200. The first-order valence-electron chi connectivity index (χ1n) is 4.51. The molecule has 0 aromatic heterocycles. The van der Waals surface area contributed by atoms with Crippen molar-refractivity contribution in [3.63, 3.8) is 0 Å². The summed E-state index contributed by atoms with van der Waals surface area (Å²) < 4.78 is 0. The van der Waals surface area contributed by atoms with E-state index in [1.807, 2.05) is 0 Å². The largest absolute Gasteiger partial charge is 0.409 e. The lowest BCUT2D eigenvalue weighted by atomic mass is 10.1. The van der Waals surface area contributed by atoms with E-state index in [1.165, 1.54) is 0 Å². The Balaban J connectivity index is 2.46. The Kier molecular flexibility index (Phi) is 2.07. The number of amides is 1. The van der Waals surface area contributed by atoms with Gasteiger partial charge in [-0.25, -0.2) is 0 Å². The summed E-state index contributed by atoms with van der Waals surface area (Å²) in [5.74, 6) is 0.112. The van der Waals surface area contributed by atoms with Gasteiger partial charge in [0.15, 0.2) is 5.84 Å². The maximum atomic E-state index is 11.4. The van der Waals surface area contributed by atoms with E-state index in [0.717, 1.165) is 11.3 Å². The molecule has 15 heavy (non-hydrogen) atoms. The molecule has 1 heterocycles. The van der Waals surface area contributed by atoms with Gasteiger partial charge >= 0.3 is 0 Å². The number of benzene rings is 1. The Hall–Kier alpha value is -2.04. The van der Waals surface area contributed by atoms with Crippen LogP contribution in [-0.2, 0) is 11.2 Å². The Morgan fingerprint density at radius 3 is 3.00 bits per heavy atom. The molecule has 1 aromatic carbocycles. The molecule has 0 saturated carbocycles. The average molecular weight is 205 g/mol. The average Bonchev–Trinajstić information content (AvgIpc) is 2.53. The van der Waals surface area contributed by atoms with E-state index in [-0.39, 0.29) is 11.7 Å². The highest BCUT2D eigenvalue weighted by Gasteiger charge is 2.24. The van der Waals surface area contributed by atoms with Crippen molar-refractivity contribution in [1.29, 1.82) is 0 Å². The van der Waals surface area contributed by atoms with Gasteiger partial charge in [-0.1, -0.05) is 5.16 Å². The number of carbonyl (C=O) groups is 1. The molecule has 5 nitrogen and oxygen atoms in total. The molecule has 1 aliphatic heterocycles. The van der Waals surface area contributed by atoms with E-state index in [1.54, 1.807) is 30.1 Å². The normalized spacial score (nSPS) is 15.7. The first-order valence-corrected chi connectivity index (χ1v) is 4.51. The summed E-state index contributed by atoms with van der Waals surface area (Å²) in [5, 5.41) is 11.4. The van der Waals surface area contributed by atoms with Crippen LogP contribution in [0.25, 0.3) is 0 Å². The molecule has 1 amide bonds. The van der Waals surface area contributed by atoms with Crippen LogP contribution in [0.1, 0.15) is 11.1 Å². The van der Waals surface area contributed by atoms with Crippen molar-refractivity contribution in [2.75, 3.05) is 11.9 Å². The summed E-state index contributed by atoms with van der Waals surface area (Å²) >= 11 is 0. The molecule has 0 atom stereocenters. The second kappa shape index (κ2) is 3.27. The zero-order valence-corrected chi connectivity index (χ0v) is 8.27. The molecule has 0 aliphatic carbocycles. The minimum Gasteiger partial charge on any atom is -0.409 e. The van der Waals surface area contributed by atoms with E-state index in [9.17, 15) is 4.79 Å². The van der Waals surface area contributed by atoms with Crippen molar-refractivity contribution in [2.45, 2.75) is 6.42 Å². The maximum absolute atomic E-state index is 11.4. The number of oxime groups is 1. The quantitative estimate of drug-likeness (QED) is 0.299. The van der Waals surface area contributed by atoms with Crippen LogP contribution in [0, 0.1) is 0 Å². The lowest BCUT2D eigenvalue weighted by Crippen LogP contribution is -2.20. The Morgan fingerprint density at radius 1 is 1.60 bits per heavy atom. The van der Waals surface area contributed by atoms with Crippen molar-refractivity contribution in [3.8, 4) is 0 Å². The summed E-state index contributed by atoms with van der Waals surface area (Å²) in [6, 6.07) is 5.29. The molecule has 0 saturated heterocycles. The van der Waals surface area contributed by atoms with E-state index < -0.39 is 0 Å². The second-order valence-corrected chi connectivity index (χ2v) is 3.46. The van der Waals surface area contributed by atoms with Crippen molar-refractivity contribution >= 4 is 17.4 Å². The summed E-state index contributed by atoms with van der Waals surface area (Å²) in [4.78, 5) is 13.0. The van der Waals surface area contributed by atoms with Crippen LogP contribution in [0.3, 0.4) is 0 Å². The lowest BCUT2D eigenvalue weighted by Gasteiger charge is -2.09. The van der Waals surface area contributed by atoms with Gasteiger partial charge in [-0.2, -0.15) is 0 Å². The van der Waals surface area contributed by atoms with Crippen molar-refractivity contribution in [3.05, 3.63) is 29.3 Å². The van der Waals surface area contributed by atoms with Gasteiger partial charge < -0.3 is 15.8 Å². The van der Waals surface area contributed by atoms with Gasteiger partial charge in [-0.3, -0.25) is 4.79 Å². The van der Waals surface area contributed by atoms with Crippen molar-refractivity contribution in [1.82, 2.24) is 0 Å². The Bertz CT molecular complexity index is 454. The molecule has 1 aromatic rings. The van der Waals surface area contributed by atoms with Gasteiger partial charge in [-0.15, -0.1) is 0 Å². The summed E-state index contributed by atoms with van der Waals surface area (Å²) in [7, 11) is 1.73. The Morgan fingerprint density at radius 2 is 2.33 bits per heavy atom. The minimum atomic E-state index is 0.0554. The molecule has 5 heteroatoms. The topological polar surface area (TPSA) is 78.9 Å². The number of anilines is 1. The number of fused-ring (bicyclic) bond motifs is 1. The zero-order valence-electron chi connectivity index (χ0n) is 8.27. The first kappa shape index (κ1) is 9.51. The van der Waals surface area contributed by atoms with Gasteiger partial charge in [0, 0.05) is 18.3 Å². The van der Waals surface area contributed by atoms with Crippen molar-refractivity contribution in [2.24, 2.45) is 10.9 Å². The van der Waals surface area contributed by atoms with Gasteiger partial charge in [0.1, 0.15) is 0 Å². The maximum Gasteiger partial charge on any atom is 0.231 e. The van der Waals surface area contributed by atoms with E-state index in [2.05, 4.69) is 5.16 Å². The molecule has 78 valence electrons. The third-order valence-corrected chi connectivity index (χ3v) is 2.56. The zero-order chi connectivity index (χ0) is 11.0. The smallest absolute Gasteiger partial charge is 0.231 e. The molecular formula is C10H11N3O2. The first-order chi connectivity index (χ1) is 7.13. The van der Waals surface area contributed by atoms with Gasteiger partial charge in [0.05, 0.1) is 6.42 Å². The standard InChI is InChI=1S/C10H11N3O2/c1-13-8-3-2-6(10(11)12-15)4-7(8)5-9(13)14/h2-4,15H,5H2,1H3,(H2,11,12). The molecule has 0 radical (unpaired) electrons. The minimum absolute atomic E-state index is 0.0554. The van der Waals surface area contributed by atoms with E-state index in [4.69, 9.17) is 10.9 Å². The van der Waals surface area contributed by atoms with E-state index >= 15 is 0 Å². The molecule has 3 N–H and O–H groups in total. The van der Waals surface area contributed by atoms with Gasteiger partial charge in [-0.05, 0) is 23.8 Å². The third-order valence-electron chi connectivity index (χ3n) is 2.56. The highest BCUT2D eigenvalue weighted by molar-refractivity contribution is 6.03. The predicted octanol–water partition coefficient (Wildman–Crippen LogP) is 0.300.